The van der Waals surface area contributed by atoms with Gasteiger partial charge in [-0.05, 0) is 31.3 Å². The average Bonchev–Trinajstić information content (AvgIpc) is 2.84. The second-order valence-corrected chi connectivity index (χ2v) is 5.16. The molecule has 1 fully saturated rings. The maximum Gasteiger partial charge on any atom is 0.380 e. The minimum atomic E-state index is -0.720. The second kappa shape index (κ2) is 5.42. The van der Waals surface area contributed by atoms with Crippen LogP contribution in [0.1, 0.15) is 22.5 Å². The summed E-state index contributed by atoms with van der Waals surface area (Å²) in [6.07, 6.45) is 1.50. The molecule has 2 heterocycles. The van der Waals surface area contributed by atoms with E-state index in [9.17, 15) is 9.59 Å². The van der Waals surface area contributed by atoms with Crippen LogP contribution in [0.15, 0.2) is 17.5 Å². The fourth-order valence-electron chi connectivity index (χ4n) is 1.82. The smallest absolute Gasteiger partial charge is 0.380 e. The standard InChI is InChI=1S/C12H15NO3S/c1-13-6-4-9(5-7-13)16-12(15)11(14)10-3-2-8-17-10/h2-3,8-9H,4-7H2,1H3. The zero-order valence-electron chi connectivity index (χ0n) is 9.72. The monoisotopic (exact) mass is 253 g/mol. The van der Waals surface area contributed by atoms with Crippen molar-refractivity contribution in [2.45, 2.75) is 18.9 Å². The van der Waals surface area contributed by atoms with Crippen LogP contribution < -0.4 is 0 Å². The van der Waals surface area contributed by atoms with Crippen molar-refractivity contribution in [3.63, 3.8) is 0 Å². The van der Waals surface area contributed by atoms with E-state index >= 15 is 0 Å². The summed E-state index contributed by atoms with van der Waals surface area (Å²) in [5.74, 6) is -1.25. The number of carbonyl (C=O) groups excluding carboxylic acids is 2. The van der Waals surface area contributed by atoms with Crippen LogP contribution in [-0.2, 0) is 9.53 Å². The van der Waals surface area contributed by atoms with Crippen LogP contribution in [0.25, 0.3) is 0 Å². The molecule has 92 valence electrons. The van der Waals surface area contributed by atoms with Crippen molar-refractivity contribution in [3.8, 4) is 0 Å². The third-order valence-electron chi connectivity index (χ3n) is 2.87. The predicted octanol–water partition coefficient (Wildman–Crippen LogP) is 1.57. The Morgan fingerprint density at radius 3 is 2.71 bits per heavy atom. The first-order chi connectivity index (χ1) is 8.16. The van der Waals surface area contributed by atoms with E-state index in [4.69, 9.17) is 4.74 Å². The molecule has 0 spiro atoms. The normalized spacial score (nSPS) is 17.9. The number of esters is 1. The van der Waals surface area contributed by atoms with Gasteiger partial charge < -0.3 is 9.64 Å². The molecule has 1 aliphatic rings. The highest BCUT2D eigenvalue weighted by molar-refractivity contribution is 7.12. The minimum Gasteiger partial charge on any atom is -0.456 e. The number of hydrogen-bond acceptors (Lipinski definition) is 5. The molecule has 0 aliphatic carbocycles. The van der Waals surface area contributed by atoms with Crippen molar-refractivity contribution < 1.29 is 14.3 Å². The average molecular weight is 253 g/mol. The molecule has 0 saturated carbocycles. The lowest BCUT2D eigenvalue weighted by atomic mass is 10.1. The first-order valence-corrected chi connectivity index (χ1v) is 6.52. The maximum absolute atomic E-state index is 11.7. The largest absolute Gasteiger partial charge is 0.456 e. The van der Waals surface area contributed by atoms with Crippen molar-refractivity contribution in [1.29, 1.82) is 0 Å². The summed E-state index contributed by atoms with van der Waals surface area (Å²) in [6, 6.07) is 3.39. The van der Waals surface area contributed by atoms with Gasteiger partial charge in [0.2, 0.25) is 0 Å². The van der Waals surface area contributed by atoms with Crippen molar-refractivity contribution in [1.82, 2.24) is 4.90 Å². The maximum atomic E-state index is 11.7. The highest BCUT2D eigenvalue weighted by atomic mass is 32.1. The van der Waals surface area contributed by atoms with Gasteiger partial charge >= 0.3 is 5.97 Å². The number of nitrogens with zero attached hydrogens (tertiary/aromatic N) is 1. The van der Waals surface area contributed by atoms with Crippen molar-refractivity contribution in [2.75, 3.05) is 20.1 Å². The van der Waals surface area contributed by atoms with Crippen LogP contribution >= 0.6 is 11.3 Å². The van der Waals surface area contributed by atoms with Gasteiger partial charge in [0, 0.05) is 13.1 Å². The molecule has 5 heteroatoms. The Morgan fingerprint density at radius 1 is 1.41 bits per heavy atom. The number of ketones is 1. The fourth-order valence-corrected chi connectivity index (χ4v) is 2.47. The highest BCUT2D eigenvalue weighted by Gasteiger charge is 2.25. The fraction of sp³-hybridized carbons (Fsp3) is 0.500. The van der Waals surface area contributed by atoms with Gasteiger partial charge in [0.15, 0.2) is 0 Å². The lowest BCUT2D eigenvalue weighted by Gasteiger charge is -2.28. The number of hydrogen-bond donors (Lipinski definition) is 0. The first-order valence-electron chi connectivity index (χ1n) is 5.64. The number of carbonyl (C=O) groups is 2. The third-order valence-corrected chi connectivity index (χ3v) is 3.74. The number of piperidine rings is 1. The molecule has 1 aliphatic heterocycles. The molecule has 17 heavy (non-hydrogen) atoms. The van der Waals surface area contributed by atoms with Gasteiger partial charge in [0.25, 0.3) is 5.78 Å². The SMILES string of the molecule is CN1CCC(OC(=O)C(=O)c2cccs2)CC1. The van der Waals surface area contributed by atoms with E-state index in [1.807, 2.05) is 7.05 Å². The molecule has 1 saturated heterocycles. The molecular formula is C12H15NO3S. The Bertz CT molecular complexity index is 394. The summed E-state index contributed by atoms with van der Waals surface area (Å²) in [5.41, 5.74) is 0. The lowest BCUT2D eigenvalue weighted by molar-refractivity contribution is -0.145. The molecule has 0 N–H and O–H groups in total. The first kappa shape index (κ1) is 12.3. The summed E-state index contributed by atoms with van der Waals surface area (Å²) in [5, 5.41) is 1.77. The van der Waals surface area contributed by atoms with Gasteiger partial charge in [-0.3, -0.25) is 4.79 Å². The van der Waals surface area contributed by atoms with E-state index in [0.29, 0.717) is 4.88 Å². The number of thiophene rings is 1. The number of likely N-dealkylation sites (tertiary alicyclic amines) is 1. The topological polar surface area (TPSA) is 46.6 Å². The van der Waals surface area contributed by atoms with Crippen LogP contribution in [0.2, 0.25) is 0 Å². The van der Waals surface area contributed by atoms with E-state index in [1.54, 1.807) is 17.5 Å². The Kier molecular flexibility index (Phi) is 3.91. The molecule has 0 radical (unpaired) electrons. The van der Waals surface area contributed by atoms with Gasteiger partial charge in [-0.1, -0.05) is 6.07 Å². The van der Waals surface area contributed by atoms with E-state index in [-0.39, 0.29) is 6.10 Å². The summed E-state index contributed by atoms with van der Waals surface area (Å²) in [6.45, 7) is 1.82. The van der Waals surface area contributed by atoms with Crippen LogP contribution in [0.5, 0.6) is 0 Å². The van der Waals surface area contributed by atoms with Crippen molar-refractivity contribution >= 4 is 23.1 Å². The van der Waals surface area contributed by atoms with E-state index in [1.165, 1.54) is 11.3 Å². The zero-order valence-corrected chi connectivity index (χ0v) is 10.5. The summed E-state index contributed by atoms with van der Waals surface area (Å²) < 4.78 is 5.22. The molecule has 0 bridgehead atoms. The van der Waals surface area contributed by atoms with E-state index in [2.05, 4.69) is 4.90 Å². The highest BCUT2D eigenvalue weighted by Crippen LogP contribution is 2.15. The summed E-state index contributed by atoms with van der Waals surface area (Å²) >= 11 is 1.26. The van der Waals surface area contributed by atoms with E-state index in [0.717, 1.165) is 25.9 Å². The van der Waals surface area contributed by atoms with Gasteiger partial charge in [-0.25, -0.2) is 4.79 Å². The van der Waals surface area contributed by atoms with Gasteiger partial charge in [-0.15, -0.1) is 11.3 Å². The van der Waals surface area contributed by atoms with Crippen LogP contribution in [0.4, 0.5) is 0 Å². The number of rotatable bonds is 3. The Labute approximate surface area is 104 Å². The van der Waals surface area contributed by atoms with E-state index < -0.39 is 11.8 Å². The Hall–Kier alpha value is -1.20. The van der Waals surface area contributed by atoms with Crippen LogP contribution in [-0.4, -0.2) is 42.9 Å². The third kappa shape index (κ3) is 3.14. The molecular weight excluding hydrogens is 238 g/mol. The van der Waals surface area contributed by atoms with Crippen LogP contribution in [0, 0.1) is 0 Å². The number of ether oxygens (including phenoxy) is 1. The molecule has 0 unspecified atom stereocenters. The summed E-state index contributed by atoms with van der Waals surface area (Å²) in [4.78, 5) is 25.9. The van der Waals surface area contributed by atoms with Gasteiger partial charge in [-0.2, -0.15) is 0 Å². The zero-order chi connectivity index (χ0) is 12.3. The number of Topliss-reactive ketones (excluding diaryl/α,β-unsaturated/α-hetero) is 1. The molecule has 4 nitrogen and oxygen atoms in total. The molecule has 2 rings (SSSR count). The molecule has 1 aromatic heterocycles. The van der Waals surface area contributed by atoms with Gasteiger partial charge in [0.1, 0.15) is 6.10 Å². The Morgan fingerprint density at radius 2 is 2.12 bits per heavy atom. The Balaban J connectivity index is 1.87. The van der Waals surface area contributed by atoms with Gasteiger partial charge in [0.05, 0.1) is 4.88 Å². The van der Waals surface area contributed by atoms with Crippen molar-refractivity contribution in [3.05, 3.63) is 22.4 Å². The van der Waals surface area contributed by atoms with Crippen molar-refractivity contribution in [2.24, 2.45) is 0 Å². The molecule has 0 atom stereocenters. The molecule has 0 aromatic carbocycles. The van der Waals surface area contributed by atoms with Crippen LogP contribution in [0.3, 0.4) is 0 Å². The minimum absolute atomic E-state index is 0.109. The molecule has 0 amide bonds. The lowest BCUT2D eigenvalue weighted by Crippen LogP contribution is -2.36. The predicted molar refractivity (Wildman–Crippen MR) is 65.3 cm³/mol. The second-order valence-electron chi connectivity index (χ2n) is 4.21. The summed E-state index contributed by atoms with van der Waals surface area (Å²) in [7, 11) is 2.04. The quantitative estimate of drug-likeness (QED) is 0.466. The molecule has 1 aromatic rings.